The molecule has 1 N–H and O–H groups in total. The Morgan fingerprint density at radius 3 is 2.21 bits per heavy atom. The number of hydrogen-bond donors (Lipinski definition) is 1. The number of nitrogens with one attached hydrogen (secondary N) is 1. The first-order valence-electron chi connectivity index (χ1n) is 8.92. The Labute approximate surface area is 162 Å². The van der Waals surface area contributed by atoms with Gasteiger partial charge in [-0.1, -0.05) is 6.07 Å². The monoisotopic (exact) mass is 414 g/mol. The van der Waals surface area contributed by atoms with E-state index < -0.39 is 21.8 Å². The van der Waals surface area contributed by atoms with E-state index in [1.54, 1.807) is 12.3 Å². The number of rotatable bonds is 5. The van der Waals surface area contributed by atoms with E-state index >= 15 is 0 Å². The van der Waals surface area contributed by atoms with E-state index in [1.165, 1.54) is 0 Å². The van der Waals surface area contributed by atoms with E-state index in [9.17, 15) is 21.6 Å². The molecular weight excluding hydrogens is 393 g/mol. The summed E-state index contributed by atoms with van der Waals surface area (Å²) in [6, 6.07) is 6.92. The third-order valence-electron chi connectivity index (χ3n) is 4.66. The highest BCUT2D eigenvalue weighted by molar-refractivity contribution is 7.89. The van der Waals surface area contributed by atoms with Crippen LogP contribution in [0.3, 0.4) is 0 Å². The van der Waals surface area contributed by atoms with Gasteiger partial charge >= 0.3 is 6.18 Å². The van der Waals surface area contributed by atoms with E-state index in [1.807, 2.05) is 13.0 Å². The number of sulfonamides is 1. The number of hydrogen-bond acceptors (Lipinski definition) is 4. The molecule has 1 aromatic heterocycles. The van der Waals surface area contributed by atoms with Gasteiger partial charge in [0.05, 0.1) is 10.5 Å². The van der Waals surface area contributed by atoms with Gasteiger partial charge in [0.25, 0.3) is 0 Å². The van der Waals surface area contributed by atoms with Crippen molar-refractivity contribution in [3.63, 3.8) is 0 Å². The molecule has 0 saturated heterocycles. The lowest BCUT2D eigenvalue weighted by Crippen LogP contribution is -2.39. The lowest BCUT2D eigenvalue weighted by atomic mass is 9.94. The molecule has 0 aliphatic heterocycles. The van der Waals surface area contributed by atoms with E-state index in [2.05, 4.69) is 9.71 Å². The quantitative estimate of drug-likeness (QED) is 0.801. The third kappa shape index (κ3) is 5.23. The minimum atomic E-state index is -4.50. The molecule has 5 nitrogen and oxygen atoms in total. The molecule has 2 aromatic rings. The fourth-order valence-corrected chi connectivity index (χ4v) is 4.41. The van der Waals surface area contributed by atoms with Crippen LogP contribution in [0.15, 0.2) is 47.5 Å². The molecule has 1 aliphatic carbocycles. The van der Waals surface area contributed by atoms with E-state index in [4.69, 9.17) is 4.74 Å². The van der Waals surface area contributed by atoms with E-state index in [0.29, 0.717) is 31.6 Å². The molecule has 1 aliphatic rings. The van der Waals surface area contributed by atoms with Crippen LogP contribution in [0, 0.1) is 6.92 Å². The summed E-state index contributed by atoms with van der Waals surface area (Å²) in [6.45, 7) is 1.94. The van der Waals surface area contributed by atoms with Crippen molar-refractivity contribution in [2.45, 2.75) is 55.8 Å². The maximum atomic E-state index is 12.6. The number of pyridine rings is 1. The second-order valence-electron chi connectivity index (χ2n) is 6.91. The minimum Gasteiger partial charge on any atom is -0.474 e. The Morgan fingerprint density at radius 1 is 1.04 bits per heavy atom. The predicted molar refractivity (Wildman–Crippen MR) is 97.4 cm³/mol. The van der Waals surface area contributed by atoms with Gasteiger partial charge in [0.15, 0.2) is 0 Å². The van der Waals surface area contributed by atoms with Gasteiger partial charge in [0.1, 0.15) is 6.10 Å². The second kappa shape index (κ2) is 8.08. The van der Waals surface area contributed by atoms with Crippen LogP contribution in [0.1, 0.15) is 36.8 Å². The molecule has 1 saturated carbocycles. The number of aromatic nitrogens is 1. The average molecular weight is 414 g/mol. The summed E-state index contributed by atoms with van der Waals surface area (Å²) in [5.41, 5.74) is 0.155. The van der Waals surface area contributed by atoms with Crippen LogP contribution in [0.25, 0.3) is 0 Å². The highest BCUT2D eigenvalue weighted by atomic mass is 32.2. The molecular formula is C19H21F3N2O3S. The first-order valence-corrected chi connectivity index (χ1v) is 10.4. The maximum absolute atomic E-state index is 12.6. The molecule has 3 rings (SSSR count). The van der Waals surface area contributed by atoms with Gasteiger partial charge in [-0.2, -0.15) is 13.2 Å². The number of ether oxygens (including phenoxy) is 1. The first kappa shape index (κ1) is 20.6. The third-order valence-corrected chi connectivity index (χ3v) is 6.20. The molecule has 0 radical (unpaired) electrons. The molecule has 0 amide bonds. The van der Waals surface area contributed by atoms with Crippen LogP contribution in [0.4, 0.5) is 13.2 Å². The summed E-state index contributed by atoms with van der Waals surface area (Å²) in [4.78, 5) is 4.02. The Kier molecular flexibility index (Phi) is 5.95. The largest absolute Gasteiger partial charge is 0.474 e. The molecule has 28 heavy (non-hydrogen) atoms. The Hall–Kier alpha value is -2.13. The van der Waals surface area contributed by atoms with Gasteiger partial charge in [-0.3, -0.25) is 0 Å². The van der Waals surface area contributed by atoms with Crippen molar-refractivity contribution >= 4 is 10.0 Å². The zero-order valence-corrected chi connectivity index (χ0v) is 16.1. The predicted octanol–water partition coefficient (Wildman–Crippen LogP) is 4.08. The van der Waals surface area contributed by atoms with Crippen molar-refractivity contribution in [2.24, 2.45) is 0 Å². The molecule has 1 fully saturated rings. The van der Waals surface area contributed by atoms with Crippen molar-refractivity contribution in [3.05, 3.63) is 53.7 Å². The summed E-state index contributed by atoms with van der Waals surface area (Å²) in [5.74, 6) is 0.541. The highest BCUT2D eigenvalue weighted by Gasteiger charge is 2.31. The summed E-state index contributed by atoms with van der Waals surface area (Å²) in [6.07, 6.45) is -0.334. The summed E-state index contributed by atoms with van der Waals surface area (Å²) in [5, 5.41) is 0. The Balaban J connectivity index is 1.55. The van der Waals surface area contributed by atoms with Crippen LogP contribution in [0.5, 0.6) is 5.88 Å². The normalized spacial score (nSPS) is 20.7. The van der Waals surface area contributed by atoms with Crippen molar-refractivity contribution in [1.82, 2.24) is 9.71 Å². The molecule has 0 spiro atoms. The van der Waals surface area contributed by atoms with E-state index in [0.717, 1.165) is 29.8 Å². The molecule has 9 heteroatoms. The number of alkyl halides is 3. The number of benzene rings is 1. The minimum absolute atomic E-state index is 0.0398. The topological polar surface area (TPSA) is 68.3 Å². The van der Waals surface area contributed by atoms with Crippen molar-refractivity contribution in [2.75, 3.05) is 0 Å². The van der Waals surface area contributed by atoms with Crippen LogP contribution >= 0.6 is 0 Å². The number of halogens is 3. The van der Waals surface area contributed by atoms with Crippen LogP contribution in [0.2, 0.25) is 0 Å². The molecule has 0 unspecified atom stereocenters. The molecule has 152 valence electrons. The maximum Gasteiger partial charge on any atom is 0.416 e. The van der Waals surface area contributed by atoms with E-state index in [-0.39, 0.29) is 17.0 Å². The number of nitrogens with zero attached hydrogens (tertiary/aromatic N) is 1. The molecule has 0 atom stereocenters. The van der Waals surface area contributed by atoms with Gasteiger partial charge in [-0.15, -0.1) is 0 Å². The van der Waals surface area contributed by atoms with Gasteiger partial charge in [-0.25, -0.2) is 18.1 Å². The Morgan fingerprint density at radius 2 is 1.68 bits per heavy atom. The zero-order valence-electron chi connectivity index (χ0n) is 15.2. The average Bonchev–Trinajstić information content (AvgIpc) is 2.64. The second-order valence-corrected chi connectivity index (χ2v) is 8.62. The lowest BCUT2D eigenvalue weighted by Gasteiger charge is -2.29. The summed E-state index contributed by atoms with van der Waals surface area (Å²) in [7, 11) is -3.87. The van der Waals surface area contributed by atoms with Gasteiger partial charge in [0.2, 0.25) is 15.9 Å². The lowest BCUT2D eigenvalue weighted by molar-refractivity contribution is -0.137. The summed E-state index contributed by atoms with van der Waals surface area (Å²) >= 11 is 0. The number of aryl methyl sites for hydroxylation is 1. The zero-order chi connectivity index (χ0) is 20.4. The van der Waals surface area contributed by atoms with Crippen molar-refractivity contribution in [1.29, 1.82) is 0 Å². The van der Waals surface area contributed by atoms with Gasteiger partial charge in [-0.05, 0) is 62.4 Å². The highest BCUT2D eigenvalue weighted by Crippen LogP contribution is 2.30. The smallest absolute Gasteiger partial charge is 0.416 e. The van der Waals surface area contributed by atoms with Crippen LogP contribution in [-0.4, -0.2) is 25.5 Å². The SMILES string of the molecule is Cc1ccc(OC2CCC(NS(=O)(=O)c3ccc(C(F)(F)F)cc3)CC2)nc1. The molecule has 1 heterocycles. The van der Waals surface area contributed by atoms with Crippen LogP contribution in [-0.2, 0) is 16.2 Å². The van der Waals surface area contributed by atoms with Crippen molar-refractivity contribution in [3.8, 4) is 5.88 Å². The van der Waals surface area contributed by atoms with Gasteiger partial charge < -0.3 is 4.74 Å². The van der Waals surface area contributed by atoms with Gasteiger partial charge in [0, 0.05) is 18.3 Å². The standard InChI is InChI=1S/C19H21F3N2O3S/c1-13-2-11-18(23-12-13)27-16-7-5-15(6-8-16)24-28(25,26)17-9-3-14(4-10-17)19(20,21)22/h2-4,9-12,15-16,24H,5-8H2,1H3. The first-order chi connectivity index (χ1) is 13.1. The van der Waals surface area contributed by atoms with Crippen molar-refractivity contribution < 1.29 is 26.3 Å². The fraction of sp³-hybridized carbons (Fsp3) is 0.421. The fourth-order valence-electron chi connectivity index (χ4n) is 3.10. The van der Waals surface area contributed by atoms with Crippen LogP contribution < -0.4 is 9.46 Å². The molecule has 1 aromatic carbocycles. The molecule has 0 bridgehead atoms. The summed E-state index contributed by atoms with van der Waals surface area (Å²) < 4.78 is 71.1. The Bertz CT molecular complexity index is 890.